The molecule has 1 saturated carbocycles. The normalized spacial score (nSPS) is 20.9. The van der Waals surface area contributed by atoms with Gasteiger partial charge in [0.1, 0.15) is 10.0 Å². The lowest BCUT2D eigenvalue weighted by molar-refractivity contribution is 0.777. The van der Waals surface area contributed by atoms with Crippen LogP contribution in [-0.4, -0.2) is 4.98 Å². The average molecular weight is 154 g/mol. The number of aromatic nitrogens is 1. The van der Waals surface area contributed by atoms with Crippen LogP contribution in [-0.2, 0) is 5.41 Å². The van der Waals surface area contributed by atoms with Gasteiger partial charge in [0.25, 0.3) is 0 Å². The third-order valence-corrected chi connectivity index (χ3v) is 3.17. The maximum absolute atomic E-state index is 5.56. The zero-order valence-corrected chi connectivity index (χ0v) is 6.74. The molecule has 2 nitrogen and oxygen atoms in total. The van der Waals surface area contributed by atoms with Crippen molar-refractivity contribution in [3.63, 3.8) is 0 Å². The van der Waals surface area contributed by atoms with Crippen molar-refractivity contribution >= 4 is 16.3 Å². The van der Waals surface area contributed by atoms with Gasteiger partial charge in [-0.1, -0.05) is 6.92 Å². The summed E-state index contributed by atoms with van der Waals surface area (Å²) in [7, 11) is 0. The van der Waals surface area contributed by atoms with Crippen LogP contribution in [0.25, 0.3) is 0 Å². The second kappa shape index (κ2) is 1.72. The largest absolute Gasteiger partial charge is 0.389 e. The monoisotopic (exact) mass is 154 g/mol. The first-order valence-electron chi connectivity index (χ1n) is 3.42. The van der Waals surface area contributed by atoms with Crippen LogP contribution in [0.2, 0.25) is 0 Å². The van der Waals surface area contributed by atoms with Gasteiger partial charge >= 0.3 is 0 Å². The fraction of sp³-hybridized carbons (Fsp3) is 0.571. The van der Waals surface area contributed by atoms with Crippen LogP contribution in [0.1, 0.15) is 24.8 Å². The van der Waals surface area contributed by atoms with Gasteiger partial charge in [-0.15, -0.1) is 11.3 Å². The first-order valence-corrected chi connectivity index (χ1v) is 4.24. The van der Waals surface area contributed by atoms with Crippen LogP contribution in [0, 0.1) is 0 Å². The summed E-state index contributed by atoms with van der Waals surface area (Å²) in [6.07, 6.45) is 4.31. The molecular weight excluding hydrogens is 144 g/mol. The van der Waals surface area contributed by atoms with E-state index in [0.717, 1.165) is 5.00 Å². The summed E-state index contributed by atoms with van der Waals surface area (Å²) in [6.45, 7) is 2.24. The molecule has 1 aliphatic carbocycles. The number of hydrogen-bond acceptors (Lipinski definition) is 3. The van der Waals surface area contributed by atoms with Crippen LogP contribution in [0.15, 0.2) is 6.20 Å². The maximum Gasteiger partial charge on any atom is 0.106 e. The summed E-state index contributed by atoms with van der Waals surface area (Å²) >= 11 is 1.62. The standard InChI is InChI=1S/C7H10N2S/c1-7(2-3-7)6-9-4-5(8)10-6/h4H,2-3,8H2,1H3. The summed E-state index contributed by atoms with van der Waals surface area (Å²) in [5, 5.41) is 2.05. The average Bonchev–Trinajstić information content (AvgIpc) is 2.45. The van der Waals surface area contributed by atoms with E-state index in [9.17, 15) is 0 Å². The molecule has 0 amide bonds. The van der Waals surface area contributed by atoms with Crippen LogP contribution in [0.4, 0.5) is 5.00 Å². The van der Waals surface area contributed by atoms with E-state index in [1.54, 1.807) is 17.5 Å². The Morgan fingerprint density at radius 3 is 2.80 bits per heavy atom. The van der Waals surface area contributed by atoms with Crippen LogP contribution in [0.3, 0.4) is 0 Å². The summed E-state index contributed by atoms with van der Waals surface area (Å²) in [5.74, 6) is 0. The fourth-order valence-corrected chi connectivity index (χ4v) is 1.85. The molecule has 1 aliphatic rings. The van der Waals surface area contributed by atoms with E-state index in [-0.39, 0.29) is 0 Å². The first-order chi connectivity index (χ1) is 4.71. The van der Waals surface area contributed by atoms with Crippen LogP contribution >= 0.6 is 11.3 Å². The van der Waals surface area contributed by atoms with Gasteiger partial charge in [0.2, 0.25) is 0 Å². The third-order valence-electron chi connectivity index (χ3n) is 2.04. The molecular formula is C7H10N2S. The van der Waals surface area contributed by atoms with Gasteiger partial charge in [0, 0.05) is 5.41 Å². The smallest absolute Gasteiger partial charge is 0.106 e. The number of nitrogen functional groups attached to an aromatic ring is 1. The molecule has 10 heavy (non-hydrogen) atoms. The Morgan fingerprint density at radius 2 is 2.40 bits per heavy atom. The Morgan fingerprint density at radius 1 is 1.70 bits per heavy atom. The first kappa shape index (κ1) is 6.16. The molecule has 0 aliphatic heterocycles. The van der Waals surface area contributed by atoms with E-state index < -0.39 is 0 Å². The number of hydrogen-bond donors (Lipinski definition) is 1. The van der Waals surface area contributed by atoms with E-state index in [1.165, 1.54) is 17.8 Å². The molecule has 0 radical (unpaired) electrons. The van der Waals surface area contributed by atoms with Crippen molar-refractivity contribution in [1.29, 1.82) is 0 Å². The zero-order valence-electron chi connectivity index (χ0n) is 5.92. The molecule has 0 spiro atoms. The minimum absolute atomic E-state index is 0.391. The minimum Gasteiger partial charge on any atom is -0.389 e. The lowest BCUT2D eigenvalue weighted by atomic mass is 10.2. The highest BCUT2D eigenvalue weighted by Crippen LogP contribution is 2.49. The Balaban J connectivity index is 2.34. The van der Waals surface area contributed by atoms with Gasteiger partial charge in [0.15, 0.2) is 0 Å². The quantitative estimate of drug-likeness (QED) is 0.669. The Bertz CT molecular complexity index is 250. The lowest BCUT2D eigenvalue weighted by Gasteiger charge is -1.99. The van der Waals surface area contributed by atoms with E-state index in [4.69, 9.17) is 5.73 Å². The molecule has 1 aromatic heterocycles. The highest BCUT2D eigenvalue weighted by molar-refractivity contribution is 7.15. The molecule has 54 valence electrons. The molecule has 0 aromatic carbocycles. The van der Waals surface area contributed by atoms with Crippen molar-refractivity contribution in [2.75, 3.05) is 5.73 Å². The van der Waals surface area contributed by atoms with Gasteiger partial charge in [-0.05, 0) is 12.8 Å². The lowest BCUT2D eigenvalue weighted by Crippen LogP contribution is -1.96. The number of anilines is 1. The number of rotatable bonds is 1. The Hall–Kier alpha value is -0.570. The van der Waals surface area contributed by atoms with Gasteiger partial charge in [-0.3, -0.25) is 0 Å². The number of nitrogens with zero attached hydrogens (tertiary/aromatic N) is 1. The van der Waals surface area contributed by atoms with E-state index >= 15 is 0 Å². The van der Waals surface area contributed by atoms with Gasteiger partial charge < -0.3 is 5.73 Å². The summed E-state index contributed by atoms with van der Waals surface area (Å²) in [5.41, 5.74) is 5.95. The molecule has 3 heteroatoms. The topological polar surface area (TPSA) is 38.9 Å². The van der Waals surface area contributed by atoms with E-state index in [0.29, 0.717) is 5.41 Å². The molecule has 2 N–H and O–H groups in total. The molecule has 0 atom stereocenters. The van der Waals surface area contributed by atoms with E-state index in [1.807, 2.05) is 0 Å². The fourth-order valence-electron chi connectivity index (χ4n) is 0.967. The van der Waals surface area contributed by atoms with Crippen molar-refractivity contribution in [2.45, 2.75) is 25.2 Å². The minimum atomic E-state index is 0.391. The summed E-state index contributed by atoms with van der Waals surface area (Å²) in [6, 6.07) is 0. The van der Waals surface area contributed by atoms with Crippen LogP contribution < -0.4 is 5.73 Å². The maximum atomic E-state index is 5.56. The summed E-state index contributed by atoms with van der Waals surface area (Å²) in [4.78, 5) is 4.24. The third kappa shape index (κ3) is 0.814. The molecule has 1 heterocycles. The predicted octanol–water partition coefficient (Wildman–Crippen LogP) is 1.78. The molecule has 0 bridgehead atoms. The number of thiazole rings is 1. The van der Waals surface area contributed by atoms with Crippen molar-refractivity contribution in [3.05, 3.63) is 11.2 Å². The highest BCUT2D eigenvalue weighted by atomic mass is 32.1. The second-order valence-electron chi connectivity index (χ2n) is 3.13. The number of nitrogens with two attached hydrogens (primary N) is 1. The van der Waals surface area contributed by atoms with Gasteiger partial charge in [-0.25, -0.2) is 4.98 Å². The molecule has 0 saturated heterocycles. The second-order valence-corrected chi connectivity index (χ2v) is 4.19. The molecule has 1 fully saturated rings. The zero-order chi connectivity index (χ0) is 7.19. The van der Waals surface area contributed by atoms with Crippen LogP contribution in [0.5, 0.6) is 0 Å². The van der Waals surface area contributed by atoms with Crippen molar-refractivity contribution < 1.29 is 0 Å². The van der Waals surface area contributed by atoms with Crippen molar-refractivity contribution in [2.24, 2.45) is 0 Å². The van der Waals surface area contributed by atoms with Gasteiger partial charge in [0.05, 0.1) is 6.20 Å². The SMILES string of the molecule is CC1(c2ncc(N)s2)CC1. The summed E-state index contributed by atoms with van der Waals surface area (Å²) < 4.78 is 0. The highest BCUT2D eigenvalue weighted by Gasteiger charge is 2.41. The molecule has 0 unspecified atom stereocenters. The molecule has 1 aromatic rings. The Kier molecular flexibility index (Phi) is 1.06. The Labute approximate surface area is 64.1 Å². The predicted molar refractivity (Wildman–Crippen MR) is 43.1 cm³/mol. The molecule has 2 rings (SSSR count). The van der Waals surface area contributed by atoms with Crippen molar-refractivity contribution in [1.82, 2.24) is 4.98 Å². The van der Waals surface area contributed by atoms with E-state index in [2.05, 4.69) is 11.9 Å². The van der Waals surface area contributed by atoms with Crippen molar-refractivity contribution in [3.8, 4) is 0 Å². The van der Waals surface area contributed by atoms with Gasteiger partial charge in [-0.2, -0.15) is 0 Å².